The first kappa shape index (κ1) is 25.2. The molecule has 1 unspecified atom stereocenters. The number of halogens is 3. The number of nitrogen functional groups attached to an aromatic ring is 1. The van der Waals surface area contributed by atoms with Gasteiger partial charge in [-0.15, -0.1) is 0 Å². The number of piperidine rings is 1. The average Bonchev–Trinajstić information content (AvgIpc) is 2.88. The van der Waals surface area contributed by atoms with E-state index in [9.17, 15) is 18.0 Å². The lowest BCUT2D eigenvalue weighted by Gasteiger charge is -2.39. The molecule has 37 heavy (non-hydrogen) atoms. The third-order valence-electron chi connectivity index (χ3n) is 7.11. The lowest BCUT2D eigenvalue weighted by Crippen LogP contribution is -2.51. The number of benzene rings is 1. The minimum atomic E-state index is -4.36. The summed E-state index contributed by atoms with van der Waals surface area (Å²) in [6, 6.07) is 8.59. The maximum Gasteiger partial charge on any atom is 0.393 e. The highest BCUT2D eigenvalue weighted by Gasteiger charge is 2.44. The lowest BCUT2D eigenvalue weighted by atomic mass is 9.91. The molecule has 0 aliphatic carbocycles. The predicted octanol–water partition coefficient (Wildman–Crippen LogP) is 4.07. The number of nitrogens with two attached hydrogens (primary N) is 2. The third kappa shape index (κ3) is 5.47. The summed E-state index contributed by atoms with van der Waals surface area (Å²) in [6.45, 7) is 1.40. The van der Waals surface area contributed by atoms with Crippen molar-refractivity contribution in [2.75, 3.05) is 42.3 Å². The first-order valence-corrected chi connectivity index (χ1v) is 12.3. The van der Waals surface area contributed by atoms with Gasteiger partial charge in [0.25, 0.3) is 5.91 Å². The van der Waals surface area contributed by atoms with Crippen molar-refractivity contribution in [1.82, 2.24) is 9.97 Å². The van der Waals surface area contributed by atoms with E-state index >= 15 is 0 Å². The summed E-state index contributed by atoms with van der Waals surface area (Å²) in [5.74, 6) is -1.77. The van der Waals surface area contributed by atoms with Crippen molar-refractivity contribution in [3.63, 3.8) is 0 Å². The fraction of sp³-hybridized carbons (Fsp3) is 0.423. The van der Waals surface area contributed by atoms with E-state index in [1.807, 2.05) is 12.1 Å². The molecule has 196 valence electrons. The molecule has 0 saturated carbocycles. The smallest absolute Gasteiger partial charge is 0.393 e. The number of alkyl halides is 3. The van der Waals surface area contributed by atoms with Gasteiger partial charge in [0.05, 0.1) is 34.7 Å². The minimum absolute atomic E-state index is 0.0370. The summed E-state index contributed by atoms with van der Waals surface area (Å²) in [5.41, 5.74) is 14.8. The fourth-order valence-electron chi connectivity index (χ4n) is 5.18. The second kappa shape index (κ2) is 10.1. The Morgan fingerprint density at radius 3 is 2.68 bits per heavy atom. The molecule has 0 spiro atoms. The molecule has 2 aromatic heterocycles. The largest absolute Gasteiger partial charge is 0.397 e. The van der Waals surface area contributed by atoms with Gasteiger partial charge < -0.3 is 26.4 Å². The van der Waals surface area contributed by atoms with Crippen molar-refractivity contribution >= 4 is 33.9 Å². The van der Waals surface area contributed by atoms with Crippen LogP contribution in [-0.4, -0.2) is 54.4 Å². The number of rotatable bonds is 4. The van der Waals surface area contributed by atoms with Crippen LogP contribution in [0.1, 0.15) is 41.2 Å². The number of nitrogens with zero attached hydrogens (tertiary/aromatic N) is 3. The minimum Gasteiger partial charge on any atom is -0.397 e. The number of ether oxygens (including phenoxy) is 1. The van der Waals surface area contributed by atoms with Crippen LogP contribution in [0.2, 0.25) is 0 Å². The van der Waals surface area contributed by atoms with Gasteiger partial charge in [-0.2, -0.15) is 13.2 Å². The number of fused-ring (bicyclic) bond motifs is 1. The van der Waals surface area contributed by atoms with Gasteiger partial charge in [0, 0.05) is 43.9 Å². The molecular formula is C26H29F3N6O2. The Hall–Kier alpha value is -3.44. The molecule has 0 bridgehead atoms. The van der Waals surface area contributed by atoms with Crippen LogP contribution in [-0.2, 0) is 4.74 Å². The van der Waals surface area contributed by atoms with Gasteiger partial charge in [-0.3, -0.25) is 9.78 Å². The average molecular weight is 515 g/mol. The van der Waals surface area contributed by atoms with Crippen molar-refractivity contribution in [3.8, 4) is 0 Å². The summed E-state index contributed by atoms with van der Waals surface area (Å²) >= 11 is 0. The number of hydrogen-bond donors (Lipinski definition) is 3. The number of carbonyl (C=O) groups excluding carboxylic acids is 1. The zero-order valence-electron chi connectivity index (χ0n) is 20.2. The zero-order valence-corrected chi connectivity index (χ0v) is 20.2. The molecule has 2 atom stereocenters. The normalized spacial score (nSPS) is 21.2. The maximum atomic E-state index is 13.5. The number of carbonyl (C=O) groups is 1. The standard InChI is InChI=1S/C26H29F3N6O2/c27-26(28,29)18-11-19(30)14-35(13-18)23-3-6-32-12-22(23)34-25(36)24-20(31)9-17-2-1-16(10-21(17)33-24)15-4-7-37-8-5-15/h1-3,6,9-10,12,15,18-19H,4-5,7-8,11,13-14,30-31H2,(H,34,36)/t18?,19-/m0/s1. The number of nitrogens with one attached hydrogen (secondary N) is 1. The van der Waals surface area contributed by atoms with E-state index in [2.05, 4.69) is 21.4 Å². The van der Waals surface area contributed by atoms with E-state index in [0.717, 1.165) is 23.8 Å². The number of hydrogen-bond acceptors (Lipinski definition) is 7. The van der Waals surface area contributed by atoms with E-state index < -0.39 is 24.0 Å². The quantitative estimate of drug-likeness (QED) is 0.480. The molecule has 5 rings (SSSR count). The Morgan fingerprint density at radius 1 is 1.14 bits per heavy atom. The molecule has 8 nitrogen and oxygen atoms in total. The second-order valence-corrected chi connectivity index (χ2v) is 9.75. The Morgan fingerprint density at radius 2 is 1.92 bits per heavy atom. The number of anilines is 3. The van der Waals surface area contributed by atoms with Crippen LogP contribution in [0.25, 0.3) is 10.9 Å². The van der Waals surface area contributed by atoms with Crippen LogP contribution in [0.5, 0.6) is 0 Å². The molecule has 1 aromatic carbocycles. The lowest BCUT2D eigenvalue weighted by molar-refractivity contribution is -0.177. The van der Waals surface area contributed by atoms with Crippen molar-refractivity contribution in [3.05, 3.63) is 54.0 Å². The highest BCUT2D eigenvalue weighted by atomic mass is 19.4. The highest BCUT2D eigenvalue weighted by Crippen LogP contribution is 2.37. The fourth-order valence-corrected chi connectivity index (χ4v) is 5.18. The molecule has 11 heteroatoms. The van der Waals surface area contributed by atoms with Gasteiger partial charge in [0.2, 0.25) is 0 Å². The summed E-state index contributed by atoms with van der Waals surface area (Å²) in [7, 11) is 0. The summed E-state index contributed by atoms with van der Waals surface area (Å²) < 4.78 is 45.8. The Balaban J connectivity index is 1.41. The van der Waals surface area contributed by atoms with Gasteiger partial charge in [0.15, 0.2) is 5.69 Å². The Bertz CT molecular complexity index is 1300. The SMILES string of the molecule is Nc1cc2ccc(C3CCOCC3)cc2nc1C(=O)Nc1cnccc1N1CC(C(F)(F)F)C[C@H](N)C1. The molecule has 0 radical (unpaired) electrons. The van der Waals surface area contributed by atoms with E-state index in [1.54, 1.807) is 17.0 Å². The zero-order chi connectivity index (χ0) is 26.2. The molecule has 3 aromatic rings. The van der Waals surface area contributed by atoms with Gasteiger partial charge in [-0.1, -0.05) is 12.1 Å². The number of amides is 1. The van der Waals surface area contributed by atoms with Gasteiger partial charge in [-0.05, 0) is 48.9 Å². The van der Waals surface area contributed by atoms with Crippen LogP contribution >= 0.6 is 0 Å². The van der Waals surface area contributed by atoms with E-state index in [-0.39, 0.29) is 36.6 Å². The molecule has 1 amide bonds. The first-order chi connectivity index (χ1) is 17.7. The molecular weight excluding hydrogens is 485 g/mol. The maximum absolute atomic E-state index is 13.5. The Labute approximate surface area is 212 Å². The molecule has 2 aliphatic rings. The van der Waals surface area contributed by atoms with Crippen LogP contribution in [0.4, 0.5) is 30.2 Å². The summed E-state index contributed by atoms with van der Waals surface area (Å²) in [6.07, 6.45) is 0.213. The molecule has 4 heterocycles. The molecule has 2 saturated heterocycles. The van der Waals surface area contributed by atoms with Gasteiger partial charge in [0.1, 0.15) is 0 Å². The topological polar surface area (TPSA) is 119 Å². The van der Waals surface area contributed by atoms with E-state index in [0.29, 0.717) is 30.3 Å². The predicted molar refractivity (Wildman–Crippen MR) is 135 cm³/mol. The number of aromatic nitrogens is 2. The van der Waals surface area contributed by atoms with E-state index in [4.69, 9.17) is 16.2 Å². The number of pyridine rings is 2. The van der Waals surface area contributed by atoms with Gasteiger partial charge >= 0.3 is 6.18 Å². The van der Waals surface area contributed by atoms with E-state index in [1.165, 1.54) is 12.4 Å². The summed E-state index contributed by atoms with van der Waals surface area (Å²) in [4.78, 5) is 23.4. The molecule has 5 N–H and O–H groups in total. The molecule has 2 aliphatic heterocycles. The van der Waals surface area contributed by atoms with Crippen LogP contribution in [0, 0.1) is 5.92 Å². The van der Waals surface area contributed by atoms with Crippen molar-refractivity contribution in [1.29, 1.82) is 0 Å². The summed E-state index contributed by atoms with van der Waals surface area (Å²) in [5, 5.41) is 3.56. The third-order valence-corrected chi connectivity index (χ3v) is 7.11. The Kier molecular flexibility index (Phi) is 6.91. The van der Waals surface area contributed by atoms with Crippen LogP contribution < -0.4 is 21.7 Å². The van der Waals surface area contributed by atoms with Gasteiger partial charge in [-0.25, -0.2) is 4.98 Å². The van der Waals surface area contributed by atoms with Crippen molar-refractivity contribution in [2.24, 2.45) is 11.7 Å². The van der Waals surface area contributed by atoms with Crippen molar-refractivity contribution < 1.29 is 22.7 Å². The second-order valence-electron chi connectivity index (χ2n) is 9.75. The molecule has 2 fully saturated rings. The highest BCUT2D eigenvalue weighted by molar-refractivity contribution is 6.09. The van der Waals surface area contributed by atoms with Crippen LogP contribution in [0.15, 0.2) is 42.7 Å². The first-order valence-electron chi connectivity index (χ1n) is 12.3. The monoisotopic (exact) mass is 514 g/mol. The van der Waals surface area contributed by atoms with Crippen molar-refractivity contribution in [2.45, 2.75) is 37.4 Å². The van der Waals surface area contributed by atoms with Crippen LogP contribution in [0.3, 0.4) is 0 Å².